The van der Waals surface area contributed by atoms with Crippen LogP contribution in [0.25, 0.3) is 0 Å². The minimum atomic E-state index is -3.91. The summed E-state index contributed by atoms with van der Waals surface area (Å²) in [4.78, 5) is 12.8. The fourth-order valence-electron chi connectivity index (χ4n) is 2.68. The Kier molecular flexibility index (Phi) is 6.16. The maximum absolute atomic E-state index is 13.2. The number of anilines is 2. The molecule has 3 rings (SSSR count). The lowest BCUT2D eigenvalue weighted by atomic mass is 10.2. The van der Waals surface area contributed by atoms with Crippen LogP contribution in [0.3, 0.4) is 0 Å². The topological polar surface area (TPSA) is 66.5 Å². The molecule has 0 aliphatic heterocycles. The minimum absolute atomic E-state index is 0.126. The van der Waals surface area contributed by atoms with Gasteiger partial charge in [0.25, 0.3) is 10.0 Å². The molecule has 3 aromatic carbocycles. The summed E-state index contributed by atoms with van der Waals surface area (Å²) in [6.07, 6.45) is 0. The highest BCUT2D eigenvalue weighted by molar-refractivity contribution is 9.10. The number of amides is 1. The highest BCUT2D eigenvalue weighted by atomic mass is 79.9. The molecule has 0 fully saturated rings. The lowest BCUT2D eigenvalue weighted by Gasteiger charge is -2.24. The summed E-state index contributed by atoms with van der Waals surface area (Å²) >= 11 is 3.35. The van der Waals surface area contributed by atoms with E-state index in [2.05, 4.69) is 21.2 Å². The van der Waals surface area contributed by atoms with Crippen LogP contribution in [0.5, 0.6) is 0 Å². The molecule has 0 atom stereocenters. The number of rotatable bonds is 6. The van der Waals surface area contributed by atoms with E-state index < -0.39 is 15.9 Å². The molecule has 0 saturated carbocycles. The van der Waals surface area contributed by atoms with Crippen LogP contribution in [-0.2, 0) is 14.8 Å². The SMILES string of the molecule is Cc1ccccc1NC(=O)CN(c1ccc(Br)cc1)S(=O)(=O)c1ccccc1. The van der Waals surface area contributed by atoms with E-state index in [4.69, 9.17) is 0 Å². The van der Waals surface area contributed by atoms with Crippen LogP contribution in [0, 0.1) is 6.92 Å². The molecular formula is C21H19BrN2O3S. The van der Waals surface area contributed by atoms with E-state index in [-0.39, 0.29) is 11.4 Å². The first kappa shape index (κ1) is 20.1. The summed E-state index contributed by atoms with van der Waals surface area (Å²) in [6.45, 7) is 1.54. The van der Waals surface area contributed by atoms with Crippen molar-refractivity contribution in [2.45, 2.75) is 11.8 Å². The Morgan fingerprint density at radius 3 is 2.18 bits per heavy atom. The van der Waals surface area contributed by atoms with E-state index >= 15 is 0 Å². The van der Waals surface area contributed by atoms with Crippen LogP contribution < -0.4 is 9.62 Å². The van der Waals surface area contributed by atoms with Crippen LogP contribution in [0.15, 0.2) is 88.2 Å². The van der Waals surface area contributed by atoms with E-state index in [0.717, 1.165) is 14.3 Å². The van der Waals surface area contributed by atoms with Gasteiger partial charge in [-0.05, 0) is 55.0 Å². The van der Waals surface area contributed by atoms with Crippen LogP contribution in [0.2, 0.25) is 0 Å². The summed E-state index contributed by atoms with van der Waals surface area (Å²) in [5.41, 5.74) is 1.96. The van der Waals surface area contributed by atoms with Gasteiger partial charge in [0.1, 0.15) is 6.54 Å². The average molecular weight is 459 g/mol. The zero-order valence-electron chi connectivity index (χ0n) is 15.2. The Bertz CT molecular complexity index is 1070. The zero-order valence-corrected chi connectivity index (χ0v) is 17.6. The average Bonchev–Trinajstić information content (AvgIpc) is 2.69. The number of carbonyl (C=O) groups excluding carboxylic acids is 1. The summed E-state index contributed by atoms with van der Waals surface area (Å²) < 4.78 is 28.3. The van der Waals surface area contributed by atoms with Gasteiger partial charge in [-0.3, -0.25) is 9.10 Å². The lowest BCUT2D eigenvalue weighted by molar-refractivity contribution is -0.114. The smallest absolute Gasteiger partial charge is 0.264 e. The Morgan fingerprint density at radius 1 is 0.929 bits per heavy atom. The number of benzene rings is 3. The summed E-state index contributed by atoms with van der Waals surface area (Å²) in [5, 5.41) is 2.79. The Hall–Kier alpha value is -2.64. The van der Waals surface area contributed by atoms with Crippen molar-refractivity contribution in [3.63, 3.8) is 0 Å². The molecule has 0 bridgehead atoms. The predicted molar refractivity (Wildman–Crippen MR) is 115 cm³/mol. The fraction of sp³-hybridized carbons (Fsp3) is 0.0952. The van der Waals surface area contributed by atoms with Crippen molar-refractivity contribution in [1.82, 2.24) is 0 Å². The van der Waals surface area contributed by atoms with Crippen molar-refractivity contribution in [3.05, 3.63) is 88.9 Å². The molecule has 0 spiro atoms. The van der Waals surface area contributed by atoms with Crippen molar-refractivity contribution in [3.8, 4) is 0 Å². The molecule has 1 amide bonds. The van der Waals surface area contributed by atoms with Crippen molar-refractivity contribution < 1.29 is 13.2 Å². The predicted octanol–water partition coefficient (Wildman–Crippen LogP) is 4.59. The first-order valence-corrected chi connectivity index (χ1v) is 10.8. The molecule has 0 radical (unpaired) electrons. The summed E-state index contributed by atoms with van der Waals surface area (Å²) in [5.74, 6) is -0.420. The first-order valence-electron chi connectivity index (χ1n) is 8.57. The van der Waals surface area contributed by atoms with E-state index in [1.54, 1.807) is 48.5 Å². The van der Waals surface area contributed by atoms with Crippen molar-refractivity contribution >= 4 is 43.2 Å². The molecule has 0 aromatic heterocycles. The number of halogens is 1. The van der Waals surface area contributed by atoms with Gasteiger partial charge in [0.05, 0.1) is 10.6 Å². The van der Waals surface area contributed by atoms with Gasteiger partial charge in [-0.2, -0.15) is 0 Å². The number of para-hydroxylation sites is 1. The number of nitrogens with one attached hydrogen (secondary N) is 1. The van der Waals surface area contributed by atoms with E-state index in [1.807, 2.05) is 25.1 Å². The fourth-order valence-corrected chi connectivity index (χ4v) is 4.38. The molecule has 0 saturated heterocycles. The molecule has 3 aromatic rings. The molecular weight excluding hydrogens is 440 g/mol. The van der Waals surface area contributed by atoms with Crippen LogP contribution in [-0.4, -0.2) is 20.9 Å². The number of hydrogen-bond acceptors (Lipinski definition) is 3. The molecule has 144 valence electrons. The second-order valence-electron chi connectivity index (χ2n) is 6.16. The van der Waals surface area contributed by atoms with Gasteiger partial charge >= 0.3 is 0 Å². The Balaban J connectivity index is 1.94. The molecule has 7 heteroatoms. The standard InChI is InChI=1S/C21H19BrN2O3S/c1-16-7-5-6-10-20(16)23-21(25)15-24(18-13-11-17(22)12-14-18)28(26,27)19-8-3-2-4-9-19/h2-14H,15H2,1H3,(H,23,25). The van der Waals surface area contributed by atoms with Crippen LogP contribution in [0.1, 0.15) is 5.56 Å². The number of nitrogens with zero attached hydrogens (tertiary/aromatic N) is 1. The lowest BCUT2D eigenvalue weighted by Crippen LogP contribution is -2.38. The molecule has 5 nitrogen and oxygen atoms in total. The van der Waals surface area contributed by atoms with Crippen molar-refractivity contribution in [2.75, 3.05) is 16.2 Å². The quantitative estimate of drug-likeness (QED) is 0.587. The highest BCUT2D eigenvalue weighted by Gasteiger charge is 2.27. The second-order valence-corrected chi connectivity index (χ2v) is 8.94. The van der Waals surface area contributed by atoms with Crippen LogP contribution >= 0.6 is 15.9 Å². The third kappa shape index (κ3) is 4.61. The van der Waals surface area contributed by atoms with E-state index in [1.165, 1.54) is 12.1 Å². The van der Waals surface area contributed by atoms with Crippen LogP contribution in [0.4, 0.5) is 11.4 Å². The number of carbonyl (C=O) groups is 1. The number of hydrogen-bond donors (Lipinski definition) is 1. The van der Waals surface area contributed by atoms with Crippen molar-refractivity contribution in [1.29, 1.82) is 0 Å². The van der Waals surface area contributed by atoms with Gasteiger partial charge in [-0.25, -0.2) is 8.42 Å². The molecule has 0 unspecified atom stereocenters. The van der Waals surface area contributed by atoms with Gasteiger partial charge < -0.3 is 5.32 Å². The third-order valence-electron chi connectivity index (χ3n) is 4.15. The minimum Gasteiger partial charge on any atom is -0.324 e. The Morgan fingerprint density at radius 2 is 1.54 bits per heavy atom. The van der Waals surface area contributed by atoms with E-state index in [9.17, 15) is 13.2 Å². The largest absolute Gasteiger partial charge is 0.324 e. The van der Waals surface area contributed by atoms with Gasteiger partial charge in [0.15, 0.2) is 0 Å². The Labute approximate surface area is 173 Å². The van der Waals surface area contributed by atoms with Crippen molar-refractivity contribution in [2.24, 2.45) is 0 Å². The summed E-state index contributed by atoms with van der Waals surface area (Å²) in [6, 6.07) is 22.2. The maximum Gasteiger partial charge on any atom is 0.264 e. The second kappa shape index (κ2) is 8.58. The van der Waals surface area contributed by atoms with Gasteiger partial charge in [0.2, 0.25) is 5.91 Å². The summed E-state index contributed by atoms with van der Waals surface area (Å²) in [7, 11) is -3.91. The van der Waals surface area contributed by atoms with Gasteiger partial charge in [-0.1, -0.05) is 52.3 Å². The van der Waals surface area contributed by atoms with E-state index in [0.29, 0.717) is 11.4 Å². The molecule has 0 heterocycles. The number of aryl methyl sites for hydroxylation is 1. The van der Waals surface area contributed by atoms with Gasteiger partial charge in [-0.15, -0.1) is 0 Å². The third-order valence-corrected chi connectivity index (χ3v) is 6.47. The number of sulfonamides is 1. The molecule has 1 N–H and O–H groups in total. The monoisotopic (exact) mass is 458 g/mol. The normalized spacial score (nSPS) is 11.1. The molecule has 28 heavy (non-hydrogen) atoms. The maximum atomic E-state index is 13.2. The highest BCUT2D eigenvalue weighted by Crippen LogP contribution is 2.25. The zero-order chi connectivity index (χ0) is 20.1. The molecule has 0 aliphatic rings. The van der Waals surface area contributed by atoms with Gasteiger partial charge in [0, 0.05) is 10.2 Å². The first-order chi connectivity index (χ1) is 13.4. The molecule has 0 aliphatic carbocycles.